The van der Waals surface area contributed by atoms with Gasteiger partial charge >= 0.3 is 0 Å². The molecule has 0 saturated heterocycles. The van der Waals surface area contributed by atoms with Crippen molar-refractivity contribution >= 4 is 49.0 Å². The first-order valence-corrected chi connectivity index (χ1v) is 7.05. The van der Waals surface area contributed by atoms with Gasteiger partial charge in [0.1, 0.15) is 0 Å². The molecule has 1 fully saturated rings. The lowest BCUT2D eigenvalue weighted by molar-refractivity contribution is 0.0940. The second-order valence-corrected chi connectivity index (χ2v) is 6.88. The second-order valence-electron chi connectivity index (χ2n) is 3.66. The number of ketones is 1. The summed E-state index contributed by atoms with van der Waals surface area (Å²) in [5, 5.41) is 0. The van der Waals surface area contributed by atoms with Crippen molar-refractivity contribution in [3.05, 3.63) is 19.2 Å². The van der Waals surface area contributed by atoms with Crippen LogP contribution in [0.3, 0.4) is 0 Å². The lowest BCUT2D eigenvalue weighted by atomic mass is 9.82. The average molecular weight is 338 g/mol. The predicted octanol–water partition coefficient (Wildman–Crippen LogP) is 4.65. The summed E-state index contributed by atoms with van der Waals surface area (Å²) < 4.78 is 1.99. The molecule has 1 aromatic heterocycles. The molecule has 0 atom stereocenters. The summed E-state index contributed by atoms with van der Waals surface area (Å²) in [6, 6.07) is 1.91. The van der Waals surface area contributed by atoms with E-state index in [9.17, 15) is 4.79 Å². The summed E-state index contributed by atoms with van der Waals surface area (Å²) in [6.07, 6.45) is 4.51. The van der Waals surface area contributed by atoms with Gasteiger partial charge in [0.2, 0.25) is 0 Å². The molecule has 76 valence electrons. The Hall–Kier alpha value is 0.330. The van der Waals surface area contributed by atoms with E-state index in [1.807, 2.05) is 6.07 Å². The third-order valence-electron chi connectivity index (χ3n) is 2.62. The molecule has 0 aromatic carbocycles. The number of carbonyl (C=O) groups is 1. The minimum absolute atomic E-state index is 0.297. The van der Waals surface area contributed by atoms with Gasteiger partial charge in [0.05, 0.1) is 8.66 Å². The van der Waals surface area contributed by atoms with E-state index in [1.165, 1.54) is 30.6 Å². The molecule has 1 aromatic rings. The molecule has 1 aliphatic rings. The lowest BCUT2D eigenvalue weighted by Crippen LogP contribution is -2.15. The van der Waals surface area contributed by atoms with Crippen LogP contribution in [0, 0.1) is 5.92 Å². The largest absolute Gasteiger partial charge is 0.293 e. The fourth-order valence-electron chi connectivity index (χ4n) is 1.54. The maximum Gasteiger partial charge on any atom is 0.173 e. The summed E-state index contributed by atoms with van der Waals surface area (Å²) in [7, 11) is 0. The van der Waals surface area contributed by atoms with Crippen LogP contribution < -0.4 is 0 Å². The molecule has 0 aliphatic heterocycles. The van der Waals surface area contributed by atoms with Crippen LogP contribution >= 0.6 is 43.2 Å². The van der Waals surface area contributed by atoms with E-state index < -0.39 is 0 Å². The Kier molecular flexibility index (Phi) is 3.45. The van der Waals surface area contributed by atoms with Crippen molar-refractivity contribution in [1.82, 2.24) is 0 Å². The molecule has 1 nitrogen and oxygen atoms in total. The quantitative estimate of drug-likeness (QED) is 0.734. The molecule has 1 aliphatic carbocycles. The fraction of sp³-hybridized carbons (Fsp3) is 0.500. The number of rotatable bonds is 3. The Labute approximate surface area is 104 Å². The number of thiophene rings is 1. The van der Waals surface area contributed by atoms with Gasteiger partial charge in [-0.3, -0.25) is 4.79 Å². The molecule has 0 spiro atoms. The molecule has 1 saturated carbocycles. The highest BCUT2D eigenvalue weighted by Gasteiger charge is 2.22. The van der Waals surface area contributed by atoms with E-state index in [2.05, 4.69) is 31.9 Å². The third kappa shape index (κ3) is 2.28. The van der Waals surface area contributed by atoms with E-state index in [4.69, 9.17) is 0 Å². The van der Waals surface area contributed by atoms with Crippen molar-refractivity contribution in [2.45, 2.75) is 25.7 Å². The Morgan fingerprint density at radius 1 is 1.50 bits per heavy atom. The van der Waals surface area contributed by atoms with Crippen LogP contribution in [-0.2, 0) is 0 Å². The van der Waals surface area contributed by atoms with Crippen molar-refractivity contribution in [2.24, 2.45) is 5.92 Å². The van der Waals surface area contributed by atoms with Gasteiger partial charge in [0.25, 0.3) is 0 Å². The number of hydrogen-bond acceptors (Lipinski definition) is 2. The molecule has 14 heavy (non-hydrogen) atoms. The zero-order valence-electron chi connectivity index (χ0n) is 7.56. The number of Topliss-reactive ketones (excluding diaryl/α,β-unsaturated/α-hetero) is 1. The van der Waals surface area contributed by atoms with E-state index in [0.717, 1.165) is 19.6 Å². The number of hydrogen-bond donors (Lipinski definition) is 0. The molecule has 0 amide bonds. The van der Waals surface area contributed by atoms with Crippen molar-refractivity contribution < 1.29 is 4.79 Å². The van der Waals surface area contributed by atoms with Crippen LogP contribution in [0.5, 0.6) is 0 Å². The molecule has 4 heteroatoms. The van der Waals surface area contributed by atoms with Crippen molar-refractivity contribution in [3.63, 3.8) is 0 Å². The number of carbonyl (C=O) groups excluding carboxylic acids is 1. The smallest absolute Gasteiger partial charge is 0.173 e. The highest BCUT2D eigenvalue weighted by atomic mass is 79.9. The van der Waals surface area contributed by atoms with E-state index in [1.54, 1.807) is 0 Å². The Bertz CT molecular complexity index is 336. The minimum Gasteiger partial charge on any atom is -0.293 e. The first-order chi connectivity index (χ1) is 6.66. The van der Waals surface area contributed by atoms with E-state index in [0.29, 0.717) is 11.7 Å². The highest BCUT2D eigenvalue weighted by Crippen LogP contribution is 2.35. The number of halogens is 2. The predicted molar refractivity (Wildman–Crippen MR) is 66.0 cm³/mol. The van der Waals surface area contributed by atoms with Gasteiger partial charge in [-0.15, -0.1) is 11.3 Å². The van der Waals surface area contributed by atoms with Gasteiger partial charge in [0.15, 0.2) is 5.78 Å². The molecular weight excluding hydrogens is 328 g/mol. The zero-order chi connectivity index (χ0) is 10.1. The standard InChI is InChI=1S/C10H10Br2OS/c11-7-5-9(14-10(7)12)8(13)4-6-2-1-3-6/h5-6H,1-4H2. The van der Waals surface area contributed by atoms with Gasteiger partial charge in [-0.1, -0.05) is 19.3 Å². The van der Waals surface area contributed by atoms with Crippen LogP contribution in [-0.4, -0.2) is 5.78 Å². The summed E-state index contributed by atoms with van der Waals surface area (Å²) >= 11 is 8.31. The zero-order valence-corrected chi connectivity index (χ0v) is 11.5. The van der Waals surface area contributed by atoms with Crippen LogP contribution in [0.15, 0.2) is 14.3 Å². The summed E-state index contributed by atoms with van der Waals surface area (Å²) in [4.78, 5) is 12.7. The summed E-state index contributed by atoms with van der Waals surface area (Å²) in [6.45, 7) is 0. The summed E-state index contributed by atoms with van der Waals surface area (Å²) in [5.74, 6) is 0.952. The lowest BCUT2D eigenvalue weighted by Gasteiger charge is -2.23. The van der Waals surface area contributed by atoms with Crippen molar-refractivity contribution in [3.8, 4) is 0 Å². The van der Waals surface area contributed by atoms with Crippen molar-refractivity contribution in [1.29, 1.82) is 0 Å². The second kappa shape index (κ2) is 4.45. The maximum atomic E-state index is 11.8. The minimum atomic E-state index is 0.297. The van der Waals surface area contributed by atoms with Gasteiger partial charge in [0, 0.05) is 10.9 Å². The normalized spacial score (nSPS) is 16.7. The first-order valence-electron chi connectivity index (χ1n) is 4.65. The SMILES string of the molecule is O=C(CC1CCC1)c1cc(Br)c(Br)s1. The molecule has 1 heterocycles. The molecule has 2 rings (SSSR count). The van der Waals surface area contributed by atoms with E-state index in [-0.39, 0.29) is 0 Å². The Morgan fingerprint density at radius 3 is 2.64 bits per heavy atom. The van der Waals surface area contributed by atoms with Crippen LogP contribution in [0.2, 0.25) is 0 Å². The third-order valence-corrected chi connectivity index (χ3v) is 5.92. The molecule has 0 N–H and O–H groups in total. The van der Waals surface area contributed by atoms with Gasteiger partial charge in [-0.05, 0) is 43.8 Å². The van der Waals surface area contributed by atoms with Crippen molar-refractivity contribution in [2.75, 3.05) is 0 Å². The molecule has 0 unspecified atom stereocenters. The molecular formula is C10H10Br2OS. The van der Waals surface area contributed by atoms with Crippen LogP contribution in [0.25, 0.3) is 0 Å². The monoisotopic (exact) mass is 336 g/mol. The van der Waals surface area contributed by atoms with Gasteiger partial charge < -0.3 is 0 Å². The highest BCUT2D eigenvalue weighted by molar-refractivity contribution is 9.13. The van der Waals surface area contributed by atoms with Gasteiger partial charge in [-0.2, -0.15) is 0 Å². The molecule has 0 bridgehead atoms. The van der Waals surface area contributed by atoms with E-state index >= 15 is 0 Å². The van der Waals surface area contributed by atoms with Crippen LogP contribution in [0.1, 0.15) is 35.4 Å². The maximum absolute atomic E-state index is 11.8. The first kappa shape index (κ1) is 10.8. The van der Waals surface area contributed by atoms with Gasteiger partial charge in [-0.25, -0.2) is 0 Å². The topological polar surface area (TPSA) is 17.1 Å². The van der Waals surface area contributed by atoms with Crippen LogP contribution in [0.4, 0.5) is 0 Å². The fourth-order valence-corrected chi connectivity index (χ4v) is 3.53. The average Bonchev–Trinajstić information content (AvgIpc) is 2.40. The Morgan fingerprint density at radius 2 is 2.21 bits per heavy atom. The Balaban J connectivity index is 2.02. The molecule has 0 radical (unpaired) electrons. The summed E-state index contributed by atoms with van der Waals surface area (Å²) in [5.41, 5.74) is 0.